The number of hydrogen-bond acceptors (Lipinski definition) is 3. The molecule has 1 aliphatic rings. The van der Waals surface area contributed by atoms with E-state index >= 15 is 0 Å². The van der Waals surface area contributed by atoms with Gasteiger partial charge in [0.15, 0.2) is 0 Å². The fourth-order valence-corrected chi connectivity index (χ4v) is 2.18. The summed E-state index contributed by atoms with van der Waals surface area (Å²) in [4.78, 5) is 24.3. The van der Waals surface area contributed by atoms with Gasteiger partial charge in [-0.05, 0) is 18.1 Å². The van der Waals surface area contributed by atoms with Gasteiger partial charge in [0.25, 0.3) is 6.43 Å². The highest BCUT2D eigenvalue weighted by Gasteiger charge is 2.31. The molecule has 4 nitrogen and oxygen atoms in total. The summed E-state index contributed by atoms with van der Waals surface area (Å²) in [5.74, 6) is -0.459. The number of alkyl halides is 2. The van der Waals surface area contributed by atoms with Crippen molar-refractivity contribution in [2.75, 3.05) is 7.05 Å². The summed E-state index contributed by atoms with van der Waals surface area (Å²) in [6, 6.07) is 5.64. The van der Waals surface area contributed by atoms with Crippen LogP contribution in [0.4, 0.5) is 8.78 Å². The molecule has 0 radical (unpaired) electrons. The van der Waals surface area contributed by atoms with E-state index in [9.17, 15) is 18.4 Å². The number of likely N-dealkylation sites (tertiary alicyclic amines) is 1. The molecule has 0 aliphatic carbocycles. The number of piperidine rings is 1. The Morgan fingerprint density at radius 3 is 2.85 bits per heavy atom. The second kappa shape index (κ2) is 6.09. The number of hydrogen-bond donors (Lipinski definition) is 1. The second-order valence-electron chi connectivity index (χ2n) is 4.81. The van der Waals surface area contributed by atoms with Gasteiger partial charge in [-0.2, -0.15) is 0 Å². The molecule has 1 aromatic rings. The van der Waals surface area contributed by atoms with E-state index in [2.05, 4.69) is 5.32 Å². The maximum atomic E-state index is 12.6. The van der Waals surface area contributed by atoms with Crippen LogP contribution in [0, 0.1) is 0 Å². The van der Waals surface area contributed by atoms with Gasteiger partial charge < -0.3 is 5.32 Å². The highest BCUT2D eigenvalue weighted by molar-refractivity contribution is 6.00. The molecule has 1 N–H and O–H groups in total. The number of carbonyl (C=O) groups excluding carboxylic acids is 2. The number of likely N-dealkylation sites (N-methyl/N-ethyl adjacent to an activating group) is 1. The molecule has 108 valence electrons. The summed E-state index contributed by atoms with van der Waals surface area (Å²) in [5.41, 5.74) is 0.654. The molecular weight excluding hydrogens is 266 g/mol. The predicted octanol–water partition coefficient (Wildman–Crippen LogP) is 1.86. The van der Waals surface area contributed by atoms with E-state index < -0.39 is 12.5 Å². The third-order valence-electron chi connectivity index (χ3n) is 3.41. The van der Waals surface area contributed by atoms with Crippen molar-refractivity contribution in [1.29, 1.82) is 0 Å². The minimum atomic E-state index is -2.50. The zero-order valence-corrected chi connectivity index (χ0v) is 11.1. The third-order valence-corrected chi connectivity index (χ3v) is 3.41. The van der Waals surface area contributed by atoms with Crippen LogP contribution in [-0.2, 0) is 16.1 Å². The number of halogens is 2. The van der Waals surface area contributed by atoms with E-state index in [4.69, 9.17) is 0 Å². The number of imide groups is 1. The summed E-state index contributed by atoms with van der Waals surface area (Å²) in [6.07, 6.45) is -1.75. The van der Waals surface area contributed by atoms with E-state index in [1.54, 1.807) is 12.1 Å². The monoisotopic (exact) mass is 282 g/mol. The SMILES string of the molecule is CN1C(=O)CCC(NCc2cccc(C(F)F)c2)C1=O. The van der Waals surface area contributed by atoms with Crippen molar-refractivity contribution in [2.24, 2.45) is 0 Å². The van der Waals surface area contributed by atoms with E-state index in [1.807, 2.05) is 0 Å². The first kappa shape index (κ1) is 14.6. The molecule has 1 heterocycles. The number of amides is 2. The summed E-state index contributed by atoms with van der Waals surface area (Å²) in [5, 5.41) is 3.02. The van der Waals surface area contributed by atoms with Crippen LogP contribution in [0.2, 0.25) is 0 Å². The summed E-state index contributed by atoms with van der Waals surface area (Å²) >= 11 is 0. The van der Waals surface area contributed by atoms with Gasteiger partial charge in [0.05, 0.1) is 6.04 Å². The highest BCUT2D eigenvalue weighted by Crippen LogP contribution is 2.19. The topological polar surface area (TPSA) is 49.4 Å². The van der Waals surface area contributed by atoms with Crippen molar-refractivity contribution in [1.82, 2.24) is 10.2 Å². The summed E-state index contributed by atoms with van der Waals surface area (Å²) in [7, 11) is 1.45. The lowest BCUT2D eigenvalue weighted by atomic mass is 10.0. The lowest BCUT2D eigenvalue weighted by molar-refractivity contribution is -0.148. The molecule has 1 unspecified atom stereocenters. The molecule has 1 atom stereocenters. The van der Waals surface area contributed by atoms with Gasteiger partial charge >= 0.3 is 0 Å². The van der Waals surface area contributed by atoms with Gasteiger partial charge in [-0.25, -0.2) is 8.78 Å². The Bertz CT molecular complexity index is 520. The quantitative estimate of drug-likeness (QED) is 0.858. The molecule has 1 aliphatic heterocycles. The molecule has 1 saturated heterocycles. The molecular formula is C14H16F2N2O2. The number of rotatable bonds is 4. The maximum Gasteiger partial charge on any atom is 0.263 e. The number of nitrogens with one attached hydrogen (secondary N) is 1. The van der Waals surface area contributed by atoms with Gasteiger partial charge in [-0.3, -0.25) is 14.5 Å². The Morgan fingerprint density at radius 2 is 2.15 bits per heavy atom. The van der Waals surface area contributed by atoms with Gasteiger partial charge in [0, 0.05) is 25.6 Å². The van der Waals surface area contributed by atoms with Crippen molar-refractivity contribution in [2.45, 2.75) is 31.9 Å². The predicted molar refractivity (Wildman–Crippen MR) is 69.0 cm³/mol. The lowest BCUT2D eigenvalue weighted by Gasteiger charge is -2.28. The Hall–Kier alpha value is -1.82. The van der Waals surface area contributed by atoms with Gasteiger partial charge in [0.1, 0.15) is 0 Å². The zero-order valence-electron chi connectivity index (χ0n) is 11.1. The van der Waals surface area contributed by atoms with Crippen LogP contribution in [0.3, 0.4) is 0 Å². The normalized spacial score (nSPS) is 19.8. The Kier molecular flexibility index (Phi) is 4.44. The number of nitrogens with zero attached hydrogens (tertiary/aromatic N) is 1. The van der Waals surface area contributed by atoms with Crippen LogP contribution in [-0.4, -0.2) is 29.8 Å². The van der Waals surface area contributed by atoms with Crippen molar-refractivity contribution in [3.05, 3.63) is 35.4 Å². The first-order chi connectivity index (χ1) is 9.49. The molecule has 2 amide bonds. The average Bonchev–Trinajstić information content (AvgIpc) is 2.44. The van der Waals surface area contributed by atoms with Crippen molar-refractivity contribution < 1.29 is 18.4 Å². The minimum Gasteiger partial charge on any atom is -0.302 e. The van der Waals surface area contributed by atoms with Crippen LogP contribution < -0.4 is 5.32 Å². The zero-order chi connectivity index (χ0) is 14.7. The highest BCUT2D eigenvalue weighted by atomic mass is 19.3. The van der Waals surface area contributed by atoms with Gasteiger partial charge in [0.2, 0.25) is 11.8 Å². The molecule has 0 saturated carbocycles. The van der Waals surface area contributed by atoms with E-state index in [0.717, 1.165) is 4.90 Å². The molecule has 0 bridgehead atoms. The molecule has 20 heavy (non-hydrogen) atoms. The lowest BCUT2D eigenvalue weighted by Crippen LogP contribution is -2.51. The largest absolute Gasteiger partial charge is 0.302 e. The van der Waals surface area contributed by atoms with E-state index in [-0.39, 0.29) is 17.4 Å². The van der Waals surface area contributed by atoms with Crippen LogP contribution in [0.5, 0.6) is 0 Å². The van der Waals surface area contributed by atoms with Crippen molar-refractivity contribution in [3.8, 4) is 0 Å². The Morgan fingerprint density at radius 1 is 1.40 bits per heavy atom. The molecule has 2 rings (SSSR count). The average molecular weight is 282 g/mol. The first-order valence-corrected chi connectivity index (χ1v) is 6.40. The standard InChI is InChI=1S/C14H16F2N2O2/c1-18-12(19)6-5-11(14(18)20)17-8-9-3-2-4-10(7-9)13(15)16/h2-4,7,11,13,17H,5-6,8H2,1H3. The molecule has 0 aromatic heterocycles. The summed E-state index contributed by atoms with van der Waals surface area (Å²) in [6.45, 7) is 0.318. The number of benzene rings is 1. The first-order valence-electron chi connectivity index (χ1n) is 6.40. The van der Waals surface area contributed by atoms with Gasteiger partial charge in [-0.15, -0.1) is 0 Å². The molecule has 1 fully saturated rings. The van der Waals surface area contributed by atoms with Crippen LogP contribution in [0.15, 0.2) is 24.3 Å². The maximum absolute atomic E-state index is 12.6. The van der Waals surface area contributed by atoms with Crippen molar-refractivity contribution >= 4 is 11.8 Å². The van der Waals surface area contributed by atoms with Crippen LogP contribution in [0.1, 0.15) is 30.4 Å². The fraction of sp³-hybridized carbons (Fsp3) is 0.429. The molecule has 0 spiro atoms. The van der Waals surface area contributed by atoms with Crippen LogP contribution in [0.25, 0.3) is 0 Å². The second-order valence-corrected chi connectivity index (χ2v) is 4.81. The van der Waals surface area contributed by atoms with Gasteiger partial charge in [-0.1, -0.05) is 18.2 Å². The van der Waals surface area contributed by atoms with Crippen LogP contribution >= 0.6 is 0 Å². The molecule has 1 aromatic carbocycles. The Balaban J connectivity index is 1.97. The molecule has 6 heteroatoms. The third kappa shape index (κ3) is 3.19. The summed E-state index contributed by atoms with van der Waals surface area (Å²) < 4.78 is 25.2. The number of carbonyl (C=O) groups is 2. The smallest absolute Gasteiger partial charge is 0.263 e. The van der Waals surface area contributed by atoms with Crippen molar-refractivity contribution in [3.63, 3.8) is 0 Å². The van der Waals surface area contributed by atoms with E-state index in [0.29, 0.717) is 24.9 Å². The fourth-order valence-electron chi connectivity index (χ4n) is 2.18. The van der Waals surface area contributed by atoms with E-state index in [1.165, 1.54) is 19.2 Å². The minimum absolute atomic E-state index is 0.0356. The Labute approximate surface area is 115 Å².